The first-order chi connectivity index (χ1) is 8.56. The summed E-state index contributed by atoms with van der Waals surface area (Å²) in [5.41, 5.74) is 0. The fourth-order valence-corrected chi connectivity index (χ4v) is 1.98. The SMILES string of the molecule is CCCNc1nc(SC(C)CC)nc(N(C)C)n1. The molecule has 6 heteroatoms. The van der Waals surface area contributed by atoms with Gasteiger partial charge in [0, 0.05) is 25.9 Å². The molecule has 1 aromatic heterocycles. The molecule has 102 valence electrons. The third-order valence-corrected chi connectivity index (χ3v) is 3.55. The number of nitrogens with one attached hydrogen (secondary N) is 1. The lowest BCUT2D eigenvalue weighted by Gasteiger charge is -2.14. The van der Waals surface area contributed by atoms with Gasteiger partial charge in [-0.15, -0.1) is 0 Å². The van der Waals surface area contributed by atoms with Crippen molar-refractivity contribution in [3.05, 3.63) is 0 Å². The largest absolute Gasteiger partial charge is 0.354 e. The minimum atomic E-state index is 0.515. The molecule has 1 atom stereocenters. The van der Waals surface area contributed by atoms with Gasteiger partial charge in [-0.05, 0) is 12.8 Å². The molecule has 0 saturated carbocycles. The monoisotopic (exact) mass is 269 g/mol. The maximum Gasteiger partial charge on any atom is 0.230 e. The van der Waals surface area contributed by atoms with Gasteiger partial charge in [-0.3, -0.25) is 0 Å². The number of nitrogens with zero attached hydrogens (tertiary/aromatic N) is 4. The van der Waals surface area contributed by atoms with E-state index in [9.17, 15) is 0 Å². The second-order valence-corrected chi connectivity index (χ2v) is 5.81. The molecule has 0 radical (unpaired) electrons. The van der Waals surface area contributed by atoms with Crippen molar-refractivity contribution in [3.63, 3.8) is 0 Å². The number of anilines is 2. The van der Waals surface area contributed by atoms with E-state index in [0.29, 0.717) is 17.1 Å². The zero-order chi connectivity index (χ0) is 13.5. The number of hydrogen-bond donors (Lipinski definition) is 1. The second-order valence-electron chi connectivity index (χ2n) is 4.40. The molecule has 0 aliphatic heterocycles. The Hall–Kier alpha value is -1.04. The molecule has 0 amide bonds. The summed E-state index contributed by atoms with van der Waals surface area (Å²) in [4.78, 5) is 15.2. The van der Waals surface area contributed by atoms with Crippen LogP contribution < -0.4 is 10.2 Å². The maximum atomic E-state index is 4.46. The molecule has 1 aromatic rings. The van der Waals surface area contributed by atoms with Gasteiger partial charge in [0.05, 0.1) is 0 Å². The predicted octanol–water partition coefficient (Wildman–Crippen LogP) is 2.65. The quantitative estimate of drug-likeness (QED) is 0.768. The first-order valence-corrected chi connectivity index (χ1v) is 7.28. The summed E-state index contributed by atoms with van der Waals surface area (Å²) >= 11 is 1.69. The van der Waals surface area contributed by atoms with E-state index in [2.05, 4.69) is 41.0 Å². The lowest BCUT2D eigenvalue weighted by atomic mass is 10.4. The van der Waals surface area contributed by atoms with Crippen LogP contribution in [0.15, 0.2) is 5.16 Å². The van der Waals surface area contributed by atoms with Crippen molar-refractivity contribution in [1.29, 1.82) is 0 Å². The van der Waals surface area contributed by atoms with Gasteiger partial charge >= 0.3 is 0 Å². The summed E-state index contributed by atoms with van der Waals surface area (Å²) in [6.07, 6.45) is 2.15. The highest BCUT2D eigenvalue weighted by Crippen LogP contribution is 2.23. The van der Waals surface area contributed by atoms with Crippen LogP contribution in [0, 0.1) is 0 Å². The van der Waals surface area contributed by atoms with Crippen LogP contribution in [0.25, 0.3) is 0 Å². The van der Waals surface area contributed by atoms with Gasteiger partial charge in [0.2, 0.25) is 11.9 Å². The van der Waals surface area contributed by atoms with E-state index < -0.39 is 0 Å². The average Bonchev–Trinajstić information content (AvgIpc) is 2.35. The molecule has 5 nitrogen and oxygen atoms in total. The molecular weight excluding hydrogens is 246 g/mol. The molecule has 1 N–H and O–H groups in total. The molecule has 0 saturated heterocycles. The van der Waals surface area contributed by atoms with Crippen LogP contribution in [0.5, 0.6) is 0 Å². The summed E-state index contributed by atoms with van der Waals surface area (Å²) in [6, 6.07) is 0. The molecule has 0 aliphatic rings. The zero-order valence-corrected chi connectivity index (χ0v) is 12.7. The van der Waals surface area contributed by atoms with Crippen LogP contribution in [0.1, 0.15) is 33.6 Å². The molecule has 1 heterocycles. The van der Waals surface area contributed by atoms with Crippen molar-refractivity contribution < 1.29 is 0 Å². The van der Waals surface area contributed by atoms with Gasteiger partial charge in [0.1, 0.15) is 0 Å². The second kappa shape index (κ2) is 7.41. The smallest absolute Gasteiger partial charge is 0.230 e. The normalized spacial score (nSPS) is 12.3. The first-order valence-electron chi connectivity index (χ1n) is 6.40. The van der Waals surface area contributed by atoms with Crippen LogP contribution in [-0.2, 0) is 0 Å². The van der Waals surface area contributed by atoms with Gasteiger partial charge in [-0.1, -0.05) is 32.5 Å². The van der Waals surface area contributed by atoms with E-state index in [4.69, 9.17) is 0 Å². The first kappa shape index (κ1) is 15.0. The maximum absolute atomic E-state index is 4.46. The van der Waals surface area contributed by atoms with Crippen LogP contribution in [0.3, 0.4) is 0 Å². The van der Waals surface area contributed by atoms with E-state index in [0.717, 1.165) is 24.5 Å². The topological polar surface area (TPSA) is 53.9 Å². The molecule has 0 spiro atoms. The Labute approximate surface area is 114 Å². The molecule has 0 aromatic carbocycles. The molecule has 0 fully saturated rings. The van der Waals surface area contributed by atoms with E-state index in [1.54, 1.807) is 11.8 Å². The summed E-state index contributed by atoms with van der Waals surface area (Å²) in [7, 11) is 3.88. The van der Waals surface area contributed by atoms with E-state index in [-0.39, 0.29) is 0 Å². The van der Waals surface area contributed by atoms with Crippen molar-refractivity contribution in [3.8, 4) is 0 Å². The zero-order valence-electron chi connectivity index (χ0n) is 11.9. The lowest BCUT2D eigenvalue weighted by molar-refractivity contribution is 0.838. The predicted molar refractivity (Wildman–Crippen MR) is 78.5 cm³/mol. The highest BCUT2D eigenvalue weighted by Gasteiger charge is 2.10. The van der Waals surface area contributed by atoms with E-state index >= 15 is 0 Å². The number of hydrogen-bond acceptors (Lipinski definition) is 6. The van der Waals surface area contributed by atoms with Crippen LogP contribution in [-0.4, -0.2) is 40.8 Å². The highest BCUT2D eigenvalue weighted by molar-refractivity contribution is 7.99. The fourth-order valence-electron chi connectivity index (χ4n) is 1.18. The van der Waals surface area contributed by atoms with Gasteiger partial charge < -0.3 is 10.2 Å². The van der Waals surface area contributed by atoms with E-state index in [1.807, 2.05) is 19.0 Å². The van der Waals surface area contributed by atoms with Crippen LogP contribution in [0.4, 0.5) is 11.9 Å². The average molecular weight is 269 g/mol. The number of aromatic nitrogens is 3. The summed E-state index contributed by atoms with van der Waals surface area (Å²) < 4.78 is 0. The van der Waals surface area contributed by atoms with Crippen molar-refractivity contribution >= 4 is 23.7 Å². The molecule has 1 unspecified atom stereocenters. The van der Waals surface area contributed by atoms with Gasteiger partial charge in [0.15, 0.2) is 5.16 Å². The summed E-state index contributed by atoms with van der Waals surface area (Å²) in [5.74, 6) is 1.37. The molecule has 0 aliphatic carbocycles. The van der Waals surface area contributed by atoms with Crippen molar-refractivity contribution in [2.24, 2.45) is 0 Å². The third kappa shape index (κ3) is 4.68. The molecule has 1 rings (SSSR count). The van der Waals surface area contributed by atoms with Crippen molar-refractivity contribution in [1.82, 2.24) is 15.0 Å². The van der Waals surface area contributed by atoms with Crippen LogP contribution in [0.2, 0.25) is 0 Å². The van der Waals surface area contributed by atoms with Crippen LogP contribution >= 0.6 is 11.8 Å². The lowest BCUT2D eigenvalue weighted by Crippen LogP contribution is -2.16. The Morgan fingerprint density at radius 2 is 1.94 bits per heavy atom. The van der Waals surface area contributed by atoms with E-state index in [1.165, 1.54) is 0 Å². The fraction of sp³-hybridized carbons (Fsp3) is 0.750. The Bertz CT molecular complexity index is 369. The standard InChI is InChI=1S/C12H23N5S/c1-6-8-13-10-14-11(17(4)5)16-12(15-10)18-9(3)7-2/h9H,6-8H2,1-5H3,(H,13,14,15,16). The summed E-state index contributed by atoms with van der Waals surface area (Å²) in [6.45, 7) is 7.35. The third-order valence-electron chi connectivity index (χ3n) is 2.42. The highest BCUT2D eigenvalue weighted by atomic mass is 32.2. The Kier molecular flexibility index (Phi) is 6.18. The van der Waals surface area contributed by atoms with Crippen molar-refractivity contribution in [2.45, 2.75) is 44.0 Å². The van der Waals surface area contributed by atoms with Gasteiger partial charge in [0.25, 0.3) is 0 Å². The Morgan fingerprint density at radius 1 is 1.22 bits per heavy atom. The minimum absolute atomic E-state index is 0.515. The molecule has 18 heavy (non-hydrogen) atoms. The minimum Gasteiger partial charge on any atom is -0.354 e. The number of rotatable bonds is 7. The molecule has 0 bridgehead atoms. The number of thioether (sulfide) groups is 1. The Morgan fingerprint density at radius 3 is 2.50 bits per heavy atom. The Balaban J connectivity index is 2.90. The van der Waals surface area contributed by atoms with Crippen molar-refractivity contribution in [2.75, 3.05) is 30.9 Å². The molecular formula is C12H23N5S. The van der Waals surface area contributed by atoms with Gasteiger partial charge in [-0.2, -0.15) is 15.0 Å². The summed E-state index contributed by atoms with van der Waals surface area (Å²) in [5, 5.41) is 4.53. The van der Waals surface area contributed by atoms with Gasteiger partial charge in [-0.25, -0.2) is 0 Å².